The Hall–Kier alpha value is -2.35. The Morgan fingerprint density at radius 2 is 2.00 bits per heavy atom. The first-order chi connectivity index (χ1) is 11.4. The lowest BCUT2D eigenvalue weighted by Gasteiger charge is -2.25. The molecule has 1 N–H and O–H groups in total. The van der Waals surface area contributed by atoms with Crippen LogP contribution in [-0.4, -0.2) is 29.3 Å². The quantitative estimate of drug-likeness (QED) is 0.873. The molecular weight excluding hydrogens is 302 g/mol. The number of amides is 2. The van der Waals surface area contributed by atoms with Crippen molar-refractivity contribution in [3.05, 3.63) is 35.9 Å². The fourth-order valence-corrected chi connectivity index (χ4v) is 3.10. The van der Waals surface area contributed by atoms with Gasteiger partial charge in [-0.2, -0.15) is 5.26 Å². The maximum Gasteiger partial charge on any atom is 0.226 e. The molecule has 5 heteroatoms. The summed E-state index contributed by atoms with van der Waals surface area (Å²) in [6.07, 6.45) is 0.829. The van der Waals surface area contributed by atoms with Gasteiger partial charge in [-0.05, 0) is 24.8 Å². The Bertz CT molecular complexity index is 621. The SMILES string of the molecule is CC(C)CC(C#N)NC(=O)C1CC(=O)N(C(C)c2ccccc2)C1. The molecule has 1 aromatic carbocycles. The lowest BCUT2D eigenvalue weighted by Crippen LogP contribution is -2.40. The Morgan fingerprint density at radius 3 is 2.58 bits per heavy atom. The van der Waals surface area contributed by atoms with Crippen molar-refractivity contribution in [2.75, 3.05) is 6.54 Å². The molecule has 2 amide bonds. The van der Waals surface area contributed by atoms with Crippen LogP contribution in [-0.2, 0) is 9.59 Å². The molecule has 2 rings (SSSR count). The van der Waals surface area contributed by atoms with E-state index < -0.39 is 6.04 Å². The summed E-state index contributed by atoms with van der Waals surface area (Å²) in [6, 6.07) is 11.4. The second kappa shape index (κ2) is 7.96. The van der Waals surface area contributed by atoms with Gasteiger partial charge in [-0.1, -0.05) is 44.2 Å². The summed E-state index contributed by atoms with van der Waals surface area (Å²) in [5.74, 6) is -0.261. The highest BCUT2D eigenvalue weighted by Gasteiger charge is 2.37. The van der Waals surface area contributed by atoms with Crippen molar-refractivity contribution >= 4 is 11.8 Å². The van der Waals surface area contributed by atoms with Gasteiger partial charge in [-0.3, -0.25) is 9.59 Å². The van der Waals surface area contributed by atoms with E-state index in [1.54, 1.807) is 4.90 Å². The highest BCUT2D eigenvalue weighted by Crippen LogP contribution is 2.28. The van der Waals surface area contributed by atoms with Gasteiger partial charge in [0.2, 0.25) is 11.8 Å². The third-order valence-electron chi connectivity index (χ3n) is 4.46. The van der Waals surface area contributed by atoms with E-state index in [4.69, 9.17) is 5.26 Å². The number of nitrogens with zero attached hydrogens (tertiary/aromatic N) is 2. The molecule has 0 radical (unpaired) electrons. The zero-order valence-corrected chi connectivity index (χ0v) is 14.5. The average Bonchev–Trinajstić information content (AvgIpc) is 2.95. The number of benzene rings is 1. The zero-order chi connectivity index (χ0) is 17.7. The second-order valence-corrected chi connectivity index (χ2v) is 6.85. The molecule has 1 aromatic rings. The van der Waals surface area contributed by atoms with Crippen LogP contribution in [0.5, 0.6) is 0 Å². The third kappa shape index (κ3) is 4.35. The second-order valence-electron chi connectivity index (χ2n) is 6.85. The van der Waals surface area contributed by atoms with Crippen LogP contribution in [0.25, 0.3) is 0 Å². The lowest BCUT2D eigenvalue weighted by molar-refractivity contribution is -0.130. The number of rotatable bonds is 6. The van der Waals surface area contributed by atoms with Gasteiger partial charge in [0.25, 0.3) is 0 Å². The summed E-state index contributed by atoms with van der Waals surface area (Å²) < 4.78 is 0. The van der Waals surface area contributed by atoms with Crippen LogP contribution in [0.2, 0.25) is 0 Å². The van der Waals surface area contributed by atoms with Crippen LogP contribution in [0, 0.1) is 23.2 Å². The highest BCUT2D eigenvalue weighted by atomic mass is 16.2. The molecule has 1 aliphatic heterocycles. The fourth-order valence-electron chi connectivity index (χ4n) is 3.10. The molecule has 5 nitrogen and oxygen atoms in total. The molecular formula is C19H25N3O2. The van der Waals surface area contributed by atoms with Crippen LogP contribution < -0.4 is 5.32 Å². The van der Waals surface area contributed by atoms with Crippen LogP contribution in [0.15, 0.2) is 30.3 Å². The number of nitriles is 1. The number of carbonyl (C=O) groups excluding carboxylic acids is 2. The summed E-state index contributed by atoms with van der Waals surface area (Å²) in [5, 5.41) is 11.9. The minimum Gasteiger partial charge on any atom is -0.340 e. The monoisotopic (exact) mass is 327 g/mol. The van der Waals surface area contributed by atoms with E-state index in [1.807, 2.05) is 51.1 Å². The molecule has 3 atom stereocenters. The van der Waals surface area contributed by atoms with Crippen molar-refractivity contribution in [3.63, 3.8) is 0 Å². The summed E-state index contributed by atoms with van der Waals surface area (Å²) >= 11 is 0. The Kier molecular flexibility index (Phi) is 5.97. The minimum atomic E-state index is -0.492. The van der Waals surface area contributed by atoms with Crippen LogP contribution in [0.3, 0.4) is 0 Å². The van der Waals surface area contributed by atoms with E-state index in [1.165, 1.54) is 0 Å². The van der Waals surface area contributed by atoms with Gasteiger partial charge in [0.1, 0.15) is 6.04 Å². The third-order valence-corrected chi connectivity index (χ3v) is 4.46. The molecule has 0 bridgehead atoms. The predicted molar refractivity (Wildman–Crippen MR) is 91.7 cm³/mol. The van der Waals surface area contributed by atoms with Crippen molar-refractivity contribution in [2.45, 2.75) is 45.7 Å². The summed E-state index contributed by atoms with van der Waals surface area (Å²) in [7, 11) is 0. The van der Waals surface area contributed by atoms with E-state index in [2.05, 4.69) is 11.4 Å². The first kappa shape index (κ1) is 18.0. The summed E-state index contributed by atoms with van der Waals surface area (Å²) in [6.45, 7) is 6.41. The van der Waals surface area contributed by atoms with Crippen molar-refractivity contribution in [1.29, 1.82) is 5.26 Å². The number of nitrogens with one attached hydrogen (secondary N) is 1. The number of hydrogen-bond acceptors (Lipinski definition) is 3. The first-order valence-electron chi connectivity index (χ1n) is 8.46. The Morgan fingerprint density at radius 1 is 1.33 bits per heavy atom. The molecule has 0 aliphatic carbocycles. The normalized spacial score (nSPS) is 19.9. The van der Waals surface area contributed by atoms with E-state index in [0.717, 1.165) is 5.56 Å². The van der Waals surface area contributed by atoms with Crippen molar-refractivity contribution in [3.8, 4) is 6.07 Å². The van der Waals surface area contributed by atoms with Gasteiger partial charge in [-0.25, -0.2) is 0 Å². The maximum absolute atomic E-state index is 12.4. The lowest BCUT2D eigenvalue weighted by atomic mass is 10.0. The van der Waals surface area contributed by atoms with Gasteiger partial charge in [0, 0.05) is 13.0 Å². The topological polar surface area (TPSA) is 73.2 Å². The summed E-state index contributed by atoms with van der Waals surface area (Å²) in [4.78, 5) is 26.5. The van der Waals surface area contributed by atoms with E-state index in [-0.39, 0.29) is 30.2 Å². The number of carbonyl (C=O) groups is 2. The smallest absolute Gasteiger partial charge is 0.226 e. The van der Waals surface area contributed by atoms with Crippen molar-refractivity contribution < 1.29 is 9.59 Å². The molecule has 0 aromatic heterocycles. The number of likely N-dealkylation sites (tertiary alicyclic amines) is 1. The van der Waals surface area contributed by atoms with Gasteiger partial charge >= 0.3 is 0 Å². The van der Waals surface area contributed by atoms with Gasteiger partial charge in [0.15, 0.2) is 0 Å². The molecule has 128 valence electrons. The average molecular weight is 327 g/mol. The standard InChI is InChI=1S/C19H25N3O2/c1-13(2)9-17(11-20)21-19(24)16-10-18(23)22(12-16)14(3)15-7-5-4-6-8-15/h4-8,13-14,16-17H,9-10,12H2,1-3H3,(H,21,24). The molecule has 1 fully saturated rings. The predicted octanol–water partition coefficient (Wildman–Crippen LogP) is 2.65. The van der Waals surface area contributed by atoms with Crippen molar-refractivity contribution in [1.82, 2.24) is 10.2 Å². The van der Waals surface area contributed by atoms with E-state index in [9.17, 15) is 9.59 Å². The number of hydrogen-bond donors (Lipinski definition) is 1. The van der Waals surface area contributed by atoms with E-state index >= 15 is 0 Å². The van der Waals surface area contributed by atoms with Gasteiger partial charge < -0.3 is 10.2 Å². The van der Waals surface area contributed by atoms with Crippen LogP contribution in [0.1, 0.15) is 45.2 Å². The molecule has 0 spiro atoms. The highest BCUT2D eigenvalue weighted by molar-refractivity contribution is 5.89. The fraction of sp³-hybridized carbons (Fsp3) is 0.526. The largest absolute Gasteiger partial charge is 0.340 e. The summed E-state index contributed by atoms with van der Waals surface area (Å²) in [5.41, 5.74) is 1.06. The van der Waals surface area contributed by atoms with Crippen LogP contribution >= 0.6 is 0 Å². The Labute approximate surface area is 143 Å². The van der Waals surface area contributed by atoms with Crippen LogP contribution in [0.4, 0.5) is 0 Å². The minimum absolute atomic E-state index is 0.0103. The molecule has 1 aliphatic rings. The molecule has 24 heavy (non-hydrogen) atoms. The molecule has 0 saturated carbocycles. The van der Waals surface area contributed by atoms with Gasteiger partial charge in [0.05, 0.1) is 18.0 Å². The molecule has 1 saturated heterocycles. The molecule has 1 heterocycles. The Balaban J connectivity index is 1.99. The first-order valence-corrected chi connectivity index (χ1v) is 8.46. The van der Waals surface area contributed by atoms with Crippen molar-refractivity contribution in [2.24, 2.45) is 11.8 Å². The maximum atomic E-state index is 12.4. The van der Waals surface area contributed by atoms with Gasteiger partial charge in [-0.15, -0.1) is 0 Å². The van der Waals surface area contributed by atoms with E-state index in [0.29, 0.717) is 18.9 Å². The zero-order valence-electron chi connectivity index (χ0n) is 14.5. The molecule has 3 unspecified atom stereocenters.